The summed E-state index contributed by atoms with van der Waals surface area (Å²) in [5.41, 5.74) is 1.72. The smallest absolute Gasteiger partial charge is 0.253 e. The van der Waals surface area contributed by atoms with E-state index in [1.165, 1.54) is 0 Å². The summed E-state index contributed by atoms with van der Waals surface area (Å²) in [5.74, 6) is 0.675. The van der Waals surface area contributed by atoms with E-state index in [4.69, 9.17) is 0 Å². The molecule has 2 aromatic carbocycles. The van der Waals surface area contributed by atoms with Crippen LogP contribution in [0.3, 0.4) is 0 Å². The maximum atomic E-state index is 12.3. The monoisotopic (exact) mass is 558 g/mol. The number of hydrogen-bond acceptors (Lipinski definition) is 4. The summed E-state index contributed by atoms with van der Waals surface area (Å²) in [6, 6.07) is 16.1. The maximum Gasteiger partial charge on any atom is 0.253 e. The number of halogens is 1. The lowest BCUT2D eigenvalue weighted by Gasteiger charge is -2.13. The van der Waals surface area contributed by atoms with Crippen molar-refractivity contribution in [2.45, 2.75) is 17.7 Å². The highest BCUT2D eigenvalue weighted by atomic mass is 127. The van der Waals surface area contributed by atoms with Crippen LogP contribution in [-0.4, -0.2) is 65.2 Å². The Morgan fingerprint density at radius 2 is 1.68 bits per heavy atom. The zero-order valence-corrected chi connectivity index (χ0v) is 21.3. The van der Waals surface area contributed by atoms with Crippen molar-refractivity contribution in [3.8, 4) is 0 Å². The number of amides is 1. The van der Waals surface area contributed by atoms with Crippen LogP contribution in [0.1, 0.15) is 22.3 Å². The molecule has 0 unspecified atom stereocenters. The van der Waals surface area contributed by atoms with Gasteiger partial charge in [-0.05, 0) is 42.7 Å². The van der Waals surface area contributed by atoms with E-state index in [0.29, 0.717) is 35.9 Å². The van der Waals surface area contributed by atoms with Crippen LogP contribution >= 0.6 is 24.0 Å². The molecule has 9 heteroatoms. The molecule has 0 aliphatic rings. The minimum Gasteiger partial charge on any atom is -0.356 e. The third-order valence-electron chi connectivity index (χ3n) is 4.49. The molecule has 0 heterocycles. The molecule has 0 radical (unpaired) electrons. The van der Waals surface area contributed by atoms with Crippen molar-refractivity contribution < 1.29 is 13.2 Å². The molecule has 2 rings (SSSR count). The fourth-order valence-electron chi connectivity index (χ4n) is 2.88. The highest BCUT2D eigenvalue weighted by Gasteiger charge is 2.13. The van der Waals surface area contributed by atoms with E-state index in [1.807, 2.05) is 24.3 Å². The number of sulfone groups is 1. The van der Waals surface area contributed by atoms with Crippen LogP contribution in [0.2, 0.25) is 0 Å². The van der Waals surface area contributed by atoms with Gasteiger partial charge in [-0.3, -0.25) is 9.79 Å². The number of carbonyl (C=O) groups is 1. The normalized spacial score (nSPS) is 11.4. The molecule has 0 aliphatic heterocycles. The third kappa shape index (κ3) is 8.86. The van der Waals surface area contributed by atoms with Gasteiger partial charge in [0.25, 0.3) is 5.91 Å². The molecule has 0 saturated carbocycles. The van der Waals surface area contributed by atoms with Crippen molar-refractivity contribution in [1.82, 2.24) is 15.5 Å². The first-order valence-electron chi connectivity index (χ1n) is 9.86. The molecular weight excluding hydrogens is 527 g/mol. The van der Waals surface area contributed by atoms with Crippen molar-refractivity contribution in [2.24, 2.45) is 4.99 Å². The summed E-state index contributed by atoms with van der Waals surface area (Å²) in [6.45, 7) is 1.14. The van der Waals surface area contributed by atoms with Crippen molar-refractivity contribution in [3.63, 3.8) is 0 Å². The first-order valence-corrected chi connectivity index (χ1v) is 11.5. The van der Waals surface area contributed by atoms with Gasteiger partial charge in [0.05, 0.1) is 10.6 Å². The second kappa shape index (κ2) is 13.3. The standard InChI is InChI=1S/C22H30N4O3S.HI/c1-23-22(24-14-8-16-30(28,29)20-11-5-4-6-12-20)25-15-13-18-9-7-10-19(17-18)21(27)26(2)3;/h4-7,9-12,17H,8,13-16H2,1-3H3,(H2,23,24,25);1H. The van der Waals surface area contributed by atoms with Gasteiger partial charge in [0.2, 0.25) is 0 Å². The van der Waals surface area contributed by atoms with Crippen molar-refractivity contribution >= 4 is 45.7 Å². The molecule has 2 aromatic rings. The molecule has 7 nitrogen and oxygen atoms in total. The van der Waals surface area contributed by atoms with E-state index >= 15 is 0 Å². The molecule has 0 aliphatic carbocycles. The Hall–Kier alpha value is -2.14. The van der Waals surface area contributed by atoms with Gasteiger partial charge in [-0.2, -0.15) is 0 Å². The van der Waals surface area contributed by atoms with Gasteiger partial charge in [0.15, 0.2) is 15.8 Å². The second-order valence-electron chi connectivity index (χ2n) is 7.06. The molecule has 0 spiro atoms. The average molecular weight is 558 g/mol. The number of nitrogens with zero attached hydrogens (tertiary/aromatic N) is 2. The average Bonchev–Trinajstić information content (AvgIpc) is 2.75. The van der Waals surface area contributed by atoms with Crippen molar-refractivity contribution in [3.05, 3.63) is 65.7 Å². The van der Waals surface area contributed by atoms with Gasteiger partial charge >= 0.3 is 0 Å². The van der Waals surface area contributed by atoms with Crippen molar-refractivity contribution in [2.75, 3.05) is 40.0 Å². The molecule has 0 bridgehead atoms. The maximum absolute atomic E-state index is 12.3. The van der Waals surface area contributed by atoms with E-state index in [9.17, 15) is 13.2 Å². The van der Waals surface area contributed by atoms with Gasteiger partial charge < -0.3 is 15.5 Å². The second-order valence-corrected chi connectivity index (χ2v) is 9.17. The van der Waals surface area contributed by atoms with Crippen LogP contribution in [0.4, 0.5) is 0 Å². The molecular formula is C22H31IN4O3S. The Balaban J connectivity index is 0.00000480. The first kappa shape index (κ1) is 26.9. The van der Waals surface area contributed by atoms with E-state index in [-0.39, 0.29) is 35.6 Å². The Kier molecular flexibility index (Phi) is 11.5. The highest BCUT2D eigenvalue weighted by molar-refractivity contribution is 14.0. The van der Waals surface area contributed by atoms with Crippen LogP contribution < -0.4 is 10.6 Å². The summed E-state index contributed by atoms with van der Waals surface area (Å²) < 4.78 is 24.6. The number of rotatable bonds is 9. The number of hydrogen-bond donors (Lipinski definition) is 2. The quantitative estimate of drug-likeness (QED) is 0.214. The summed E-state index contributed by atoms with van der Waals surface area (Å²) >= 11 is 0. The lowest BCUT2D eigenvalue weighted by atomic mass is 10.1. The molecule has 0 saturated heterocycles. The third-order valence-corrected chi connectivity index (χ3v) is 6.31. The first-order chi connectivity index (χ1) is 14.3. The predicted molar refractivity (Wildman–Crippen MR) is 136 cm³/mol. The van der Waals surface area contributed by atoms with Crippen molar-refractivity contribution in [1.29, 1.82) is 0 Å². The number of carbonyl (C=O) groups excluding carboxylic acids is 1. The minimum absolute atomic E-state index is 0. The van der Waals surface area contributed by atoms with Crippen LogP contribution in [0, 0.1) is 0 Å². The summed E-state index contributed by atoms with van der Waals surface area (Å²) in [4.78, 5) is 18.1. The van der Waals surface area contributed by atoms with Gasteiger partial charge in [-0.25, -0.2) is 8.42 Å². The Bertz CT molecular complexity index is 964. The number of nitrogens with one attached hydrogen (secondary N) is 2. The molecule has 0 aromatic heterocycles. The van der Waals surface area contributed by atoms with Gasteiger partial charge in [0.1, 0.15) is 0 Å². The van der Waals surface area contributed by atoms with Gasteiger partial charge in [-0.15, -0.1) is 24.0 Å². The fourth-order valence-corrected chi connectivity index (χ4v) is 4.21. The molecule has 0 atom stereocenters. The fraction of sp³-hybridized carbons (Fsp3) is 0.364. The van der Waals surface area contributed by atoms with E-state index < -0.39 is 9.84 Å². The number of guanidine groups is 1. The number of benzene rings is 2. The van der Waals surface area contributed by atoms with E-state index in [2.05, 4.69) is 15.6 Å². The van der Waals surface area contributed by atoms with Gasteiger partial charge in [0, 0.05) is 39.8 Å². The minimum atomic E-state index is -3.27. The predicted octanol–water partition coefficient (Wildman–Crippen LogP) is 2.58. The Morgan fingerprint density at radius 1 is 1.00 bits per heavy atom. The molecule has 1 amide bonds. The zero-order chi connectivity index (χ0) is 22.0. The van der Waals surface area contributed by atoms with Crippen LogP contribution in [0.25, 0.3) is 0 Å². The van der Waals surface area contributed by atoms with Crippen LogP contribution in [-0.2, 0) is 16.3 Å². The summed E-state index contributed by atoms with van der Waals surface area (Å²) in [6.07, 6.45) is 1.21. The van der Waals surface area contributed by atoms with Crippen LogP contribution in [0.5, 0.6) is 0 Å². The SMILES string of the molecule is CN=C(NCCCS(=O)(=O)c1ccccc1)NCCc1cccc(C(=O)N(C)C)c1.I. The lowest BCUT2D eigenvalue weighted by molar-refractivity contribution is 0.0827. The summed E-state index contributed by atoms with van der Waals surface area (Å²) in [7, 11) is 1.87. The molecule has 170 valence electrons. The number of aliphatic imine (C=N–C) groups is 1. The Labute approximate surface area is 202 Å². The Morgan fingerprint density at radius 3 is 2.32 bits per heavy atom. The molecule has 31 heavy (non-hydrogen) atoms. The lowest BCUT2D eigenvalue weighted by Crippen LogP contribution is -2.39. The molecule has 0 fully saturated rings. The largest absolute Gasteiger partial charge is 0.356 e. The van der Waals surface area contributed by atoms with E-state index in [1.54, 1.807) is 56.4 Å². The van der Waals surface area contributed by atoms with Crippen LogP contribution in [0.15, 0.2) is 64.5 Å². The highest BCUT2D eigenvalue weighted by Crippen LogP contribution is 2.11. The molecule has 2 N–H and O–H groups in total. The van der Waals surface area contributed by atoms with Gasteiger partial charge in [-0.1, -0.05) is 30.3 Å². The zero-order valence-electron chi connectivity index (χ0n) is 18.2. The van der Waals surface area contributed by atoms with E-state index in [0.717, 1.165) is 12.0 Å². The topological polar surface area (TPSA) is 90.9 Å². The summed E-state index contributed by atoms with van der Waals surface area (Å²) in [5, 5.41) is 6.35.